The molecule has 2 heterocycles. The summed E-state index contributed by atoms with van der Waals surface area (Å²) in [5.74, 6) is 1.62. The minimum absolute atomic E-state index is 0.285. The predicted octanol–water partition coefficient (Wildman–Crippen LogP) is 2.98. The second-order valence-corrected chi connectivity index (χ2v) is 5.32. The summed E-state index contributed by atoms with van der Waals surface area (Å²) < 4.78 is 2.01. The molecule has 0 N–H and O–H groups in total. The Morgan fingerprint density at radius 2 is 2.00 bits per heavy atom. The Hall–Kier alpha value is -2.67. The van der Waals surface area contributed by atoms with Crippen LogP contribution < -0.4 is 0 Å². The van der Waals surface area contributed by atoms with E-state index in [0.29, 0.717) is 0 Å². The van der Waals surface area contributed by atoms with Crippen LogP contribution in [0.4, 0.5) is 0 Å². The molecule has 2 aromatic heterocycles. The van der Waals surface area contributed by atoms with Crippen LogP contribution in [0.15, 0.2) is 36.4 Å². The summed E-state index contributed by atoms with van der Waals surface area (Å²) in [4.78, 5) is 9.38. The van der Waals surface area contributed by atoms with Gasteiger partial charge < -0.3 is 0 Å². The first-order valence-corrected chi connectivity index (χ1v) is 7.19. The third-order valence-corrected chi connectivity index (χ3v) is 4.01. The normalized spacial score (nSPS) is 13.3. The Labute approximate surface area is 122 Å². The van der Waals surface area contributed by atoms with Gasteiger partial charge in [-0.1, -0.05) is 18.2 Å². The van der Waals surface area contributed by atoms with Crippen molar-refractivity contribution >= 4 is 11.0 Å². The fraction of sp³-hybridized carbons (Fsp3) is 0.235. The maximum Gasteiger partial charge on any atom is 0.138 e. The molecule has 1 aliphatic carbocycles. The summed E-state index contributed by atoms with van der Waals surface area (Å²) in [7, 11) is 0. The zero-order valence-electron chi connectivity index (χ0n) is 11.6. The molecule has 102 valence electrons. The first kappa shape index (κ1) is 12.1. The van der Waals surface area contributed by atoms with Gasteiger partial charge in [0.15, 0.2) is 0 Å². The van der Waals surface area contributed by atoms with Gasteiger partial charge in [-0.3, -0.25) is 4.57 Å². The minimum atomic E-state index is 0.285. The number of para-hydroxylation sites is 2. The number of aromatic nitrogens is 3. The molecule has 0 aliphatic heterocycles. The van der Waals surface area contributed by atoms with E-state index in [-0.39, 0.29) is 6.42 Å². The van der Waals surface area contributed by atoms with Crippen molar-refractivity contribution in [3.63, 3.8) is 0 Å². The minimum Gasteiger partial charge on any atom is -0.279 e. The number of imidazole rings is 1. The smallest absolute Gasteiger partial charge is 0.138 e. The van der Waals surface area contributed by atoms with Gasteiger partial charge in [-0.2, -0.15) is 5.26 Å². The maximum atomic E-state index is 9.05. The Kier molecular flexibility index (Phi) is 2.71. The summed E-state index contributed by atoms with van der Waals surface area (Å²) in [5.41, 5.74) is 4.46. The standard InChI is InChI=1S/C17H14N4/c18-11-10-17-20-14-5-1-2-7-15(14)21(17)16-9-8-12-4-3-6-13(12)19-16/h1-2,5,7-9H,3-4,6,10H2. The van der Waals surface area contributed by atoms with E-state index in [1.165, 1.54) is 17.7 Å². The van der Waals surface area contributed by atoms with E-state index in [4.69, 9.17) is 10.2 Å². The second kappa shape index (κ2) is 4.71. The molecule has 0 unspecified atom stereocenters. The highest BCUT2D eigenvalue weighted by Gasteiger charge is 2.16. The van der Waals surface area contributed by atoms with Crippen LogP contribution in [0.3, 0.4) is 0 Å². The average molecular weight is 274 g/mol. The highest BCUT2D eigenvalue weighted by molar-refractivity contribution is 5.78. The third-order valence-electron chi connectivity index (χ3n) is 4.01. The van der Waals surface area contributed by atoms with Crippen LogP contribution in [0.2, 0.25) is 0 Å². The molecule has 4 rings (SSSR count). The molecule has 4 heteroatoms. The third kappa shape index (κ3) is 1.90. The Balaban J connectivity index is 1.96. The topological polar surface area (TPSA) is 54.5 Å². The SMILES string of the molecule is N#CCc1nc2ccccc2n1-c1ccc2c(n1)CCC2. The van der Waals surface area contributed by atoms with Crippen molar-refractivity contribution in [2.24, 2.45) is 0 Å². The number of nitrogens with zero attached hydrogens (tertiary/aromatic N) is 4. The number of nitriles is 1. The lowest BCUT2D eigenvalue weighted by atomic mass is 10.2. The van der Waals surface area contributed by atoms with Gasteiger partial charge in [-0.05, 0) is 43.0 Å². The van der Waals surface area contributed by atoms with E-state index in [2.05, 4.69) is 17.1 Å². The van der Waals surface area contributed by atoms with E-state index < -0.39 is 0 Å². The van der Waals surface area contributed by atoms with Crippen molar-refractivity contribution in [3.8, 4) is 11.9 Å². The predicted molar refractivity (Wildman–Crippen MR) is 80.2 cm³/mol. The van der Waals surface area contributed by atoms with Crippen molar-refractivity contribution < 1.29 is 0 Å². The van der Waals surface area contributed by atoms with Crippen molar-refractivity contribution in [3.05, 3.63) is 53.5 Å². The molecule has 0 atom stereocenters. The van der Waals surface area contributed by atoms with Crippen molar-refractivity contribution in [1.29, 1.82) is 5.26 Å². The van der Waals surface area contributed by atoms with Gasteiger partial charge in [-0.25, -0.2) is 9.97 Å². The van der Waals surface area contributed by atoms with E-state index in [1.54, 1.807) is 0 Å². The van der Waals surface area contributed by atoms with E-state index in [1.807, 2.05) is 34.9 Å². The van der Waals surface area contributed by atoms with Crippen LogP contribution in [0.1, 0.15) is 23.5 Å². The lowest BCUT2D eigenvalue weighted by Crippen LogP contribution is -2.04. The summed E-state index contributed by atoms with van der Waals surface area (Å²) in [6, 6.07) is 14.4. The van der Waals surface area contributed by atoms with Gasteiger partial charge in [0.05, 0.1) is 23.5 Å². The molecule has 4 nitrogen and oxygen atoms in total. The summed E-state index contributed by atoms with van der Waals surface area (Å²) in [6.45, 7) is 0. The number of pyridine rings is 1. The Bertz CT molecular complexity index is 870. The lowest BCUT2D eigenvalue weighted by molar-refractivity contribution is 0.881. The number of benzene rings is 1. The fourth-order valence-corrected chi connectivity index (χ4v) is 3.05. The molecule has 0 saturated carbocycles. The van der Waals surface area contributed by atoms with Gasteiger partial charge in [0.25, 0.3) is 0 Å². The summed E-state index contributed by atoms with van der Waals surface area (Å²) in [5, 5.41) is 9.05. The van der Waals surface area contributed by atoms with Crippen molar-refractivity contribution in [1.82, 2.24) is 14.5 Å². The first-order valence-electron chi connectivity index (χ1n) is 7.19. The largest absolute Gasteiger partial charge is 0.279 e. The molecule has 3 aromatic rings. The average Bonchev–Trinajstić information content (AvgIpc) is 3.10. The van der Waals surface area contributed by atoms with Crippen LogP contribution >= 0.6 is 0 Å². The number of fused-ring (bicyclic) bond motifs is 2. The van der Waals surface area contributed by atoms with E-state index in [9.17, 15) is 0 Å². The van der Waals surface area contributed by atoms with Crippen LogP contribution in [0, 0.1) is 11.3 Å². The summed E-state index contributed by atoms with van der Waals surface area (Å²) in [6.07, 6.45) is 3.64. The monoisotopic (exact) mass is 274 g/mol. The number of aryl methyl sites for hydroxylation is 2. The van der Waals surface area contributed by atoms with E-state index >= 15 is 0 Å². The summed E-state index contributed by atoms with van der Waals surface area (Å²) >= 11 is 0. The molecule has 1 aromatic carbocycles. The van der Waals surface area contributed by atoms with Crippen molar-refractivity contribution in [2.45, 2.75) is 25.7 Å². The fourth-order valence-electron chi connectivity index (χ4n) is 3.05. The maximum absolute atomic E-state index is 9.05. The number of hydrogen-bond acceptors (Lipinski definition) is 3. The van der Waals surface area contributed by atoms with E-state index in [0.717, 1.165) is 35.5 Å². The molecule has 0 fully saturated rings. The highest BCUT2D eigenvalue weighted by atomic mass is 15.1. The Morgan fingerprint density at radius 1 is 1.10 bits per heavy atom. The molecular formula is C17H14N4. The molecule has 0 bridgehead atoms. The molecule has 0 radical (unpaired) electrons. The van der Waals surface area contributed by atoms with Gasteiger partial charge in [0.2, 0.25) is 0 Å². The molecule has 1 aliphatic rings. The molecule has 0 saturated heterocycles. The highest BCUT2D eigenvalue weighted by Crippen LogP contribution is 2.25. The Morgan fingerprint density at radius 3 is 2.90 bits per heavy atom. The van der Waals surface area contributed by atoms with Gasteiger partial charge in [-0.15, -0.1) is 0 Å². The first-order chi connectivity index (χ1) is 10.4. The zero-order valence-corrected chi connectivity index (χ0v) is 11.6. The lowest BCUT2D eigenvalue weighted by Gasteiger charge is -2.08. The van der Waals surface area contributed by atoms with Crippen LogP contribution in [-0.2, 0) is 19.3 Å². The van der Waals surface area contributed by atoms with Gasteiger partial charge in [0.1, 0.15) is 11.6 Å². The van der Waals surface area contributed by atoms with Gasteiger partial charge in [0, 0.05) is 5.69 Å². The van der Waals surface area contributed by atoms with Crippen LogP contribution in [0.25, 0.3) is 16.9 Å². The second-order valence-electron chi connectivity index (χ2n) is 5.32. The number of rotatable bonds is 2. The van der Waals surface area contributed by atoms with Crippen LogP contribution in [-0.4, -0.2) is 14.5 Å². The van der Waals surface area contributed by atoms with Gasteiger partial charge >= 0.3 is 0 Å². The quantitative estimate of drug-likeness (QED) is 0.722. The molecule has 21 heavy (non-hydrogen) atoms. The molecule has 0 amide bonds. The molecule has 0 spiro atoms. The zero-order chi connectivity index (χ0) is 14.2. The van der Waals surface area contributed by atoms with Crippen molar-refractivity contribution in [2.75, 3.05) is 0 Å². The van der Waals surface area contributed by atoms with Crippen LogP contribution in [0.5, 0.6) is 0 Å². The molecular weight excluding hydrogens is 260 g/mol. The number of hydrogen-bond donors (Lipinski definition) is 0.